The Morgan fingerprint density at radius 3 is 2.18 bits per heavy atom. The molecule has 8 heteroatoms. The molecular formula is C25H30N2O5Si. The number of rotatable bonds is 7. The van der Waals surface area contributed by atoms with Gasteiger partial charge in [-0.3, -0.25) is 9.36 Å². The fraction of sp³-hybridized carbons (Fsp3) is 0.360. The Morgan fingerprint density at radius 1 is 1.06 bits per heavy atom. The summed E-state index contributed by atoms with van der Waals surface area (Å²) in [6, 6.07) is 21.7. The van der Waals surface area contributed by atoms with E-state index in [1.165, 1.54) is 6.07 Å². The van der Waals surface area contributed by atoms with Crippen LogP contribution in [0.15, 0.2) is 77.7 Å². The lowest BCUT2D eigenvalue weighted by molar-refractivity contribution is -0.0604. The Labute approximate surface area is 194 Å². The number of hydrogen-bond donors (Lipinski definition) is 2. The van der Waals surface area contributed by atoms with Gasteiger partial charge in [0, 0.05) is 12.3 Å². The van der Waals surface area contributed by atoms with Gasteiger partial charge in [0.15, 0.2) is 0 Å². The molecule has 174 valence electrons. The summed E-state index contributed by atoms with van der Waals surface area (Å²) < 4.78 is 14.0. The number of hydrogen-bond acceptors (Lipinski definition) is 6. The Kier molecular flexibility index (Phi) is 6.53. The van der Waals surface area contributed by atoms with Gasteiger partial charge in [0.1, 0.15) is 18.3 Å². The molecule has 7 nitrogen and oxygen atoms in total. The summed E-state index contributed by atoms with van der Waals surface area (Å²) in [6.07, 6.45) is -1.54. The van der Waals surface area contributed by atoms with E-state index in [0.29, 0.717) is 6.54 Å². The van der Waals surface area contributed by atoms with Crippen molar-refractivity contribution in [3.05, 3.63) is 83.3 Å². The van der Waals surface area contributed by atoms with E-state index < -0.39 is 32.2 Å². The maximum absolute atomic E-state index is 11.5. The molecule has 3 atom stereocenters. The van der Waals surface area contributed by atoms with Gasteiger partial charge in [-0.1, -0.05) is 81.4 Å². The van der Waals surface area contributed by atoms with Crippen molar-refractivity contribution in [2.24, 2.45) is 0 Å². The Hall–Kier alpha value is -2.78. The molecule has 0 saturated carbocycles. The highest BCUT2D eigenvalue weighted by atomic mass is 28.4. The van der Waals surface area contributed by atoms with E-state index in [1.54, 1.807) is 10.8 Å². The van der Waals surface area contributed by atoms with Crippen LogP contribution >= 0.6 is 0 Å². The van der Waals surface area contributed by atoms with Crippen molar-refractivity contribution in [3.8, 4) is 6.01 Å². The minimum absolute atomic E-state index is 0.0600. The molecule has 0 saturated heterocycles. The standard InChI is InChI=1S/C25H30N2O5Si/c1-25(2,3)33(18-10-6-4-7-11-18,19-12-8-5-9-13-19)31-17-20(28)23(30)21-16-27-15-14-22(29)26-24(27)32-21/h4-15,20-21,23,28,30H,16-17H2,1-3H3/t20-,21+,23?/m1/s1. The van der Waals surface area contributed by atoms with E-state index in [2.05, 4.69) is 50.0 Å². The first-order valence-corrected chi connectivity index (χ1v) is 13.0. The van der Waals surface area contributed by atoms with Crippen LogP contribution in [0.4, 0.5) is 0 Å². The van der Waals surface area contributed by atoms with Crippen molar-refractivity contribution in [3.63, 3.8) is 0 Å². The molecule has 1 aliphatic heterocycles. The fourth-order valence-electron chi connectivity index (χ4n) is 4.51. The zero-order valence-corrected chi connectivity index (χ0v) is 20.1. The van der Waals surface area contributed by atoms with Crippen LogP contribution in [0.2, 0.25) is 5.04 Å². The molecular weight excluding hydrogens is 436 g/mol. The SMILES string of the molecule is CC(C)(C)[Si](OC[C@@H](O)C(O)[C@@H]1Cn2ccc(=O)nc2O1)(c1ccccc1)c1ccccc1. The van der Waals surface area contributed by atoms with Gasteiger partial charge in [0.25, 0.3) is 19.9 Å². The number of aliphatic hydroxyl groups excluding tert-OH is 2. The lowest BCUT2D eigenvalue weighted by atomic mass is 10.1. The average molecular weight is 467 g/mol. The van der Waals surface area contributed by atoms with Gasteiger partial charge in [-0.25, -0.2) is 0 Å². The molecule has 0 amide bonds. The second-order valence-electron chi connectivity index (χ2n) is 9.39. The molecule has 33 heavy (non-hydrogen) atoms. The van der Waals surface area contributed by atoms with Gasteiger partial charge < -0.3 is 19.4 Å². The third kappa shape index (κ3) is 4.52. The highest BCUT2D eigenvalue weighted by Crippen LogP contribution is 2.37. The molecule has 2 aromatic carbocycles. The van der Waals surface area contributed by atoms with Crippen LogP contribution in [0.3, 0.4) is 0 Å². The van der Waals surface area contributed by atoms with Crippen molar-refractivity contribution < 1.29 is 19.4 Å². The van der Waals surface area contributed by atoms with Crippen molar-refractivity contribution in [2.45, 2.75) is 50.7 Å². The summed E-state index contributed by atoms with van der Waals surface area (Å²) in [4.78, 5) is 15.3. The predicted octanol–water partition coefficient (Wildman–Crippen LogP) is 1.30. The number of aliphatic hydroxyl groups is 2. The molecule has 2 heterocycles. The molecule has 4 rings (SSSR count). The summed E-state index contributed by atoms with van der Waals surface area (Å²) in [6.45, 7) is 6.69. The summed E-state index contributed by atoms with van der Waals surface area (Å²) in [5.41, 5.74) is -0.410. The molecule has 1 aromatic heterocycles. The zero-order chi connectivity index (χ0) is 23.6. The number of benzene rings is 2. The first kappa shape index (κ1) is 23.4. The fourth-order valence-corrected chi connectivity index (χ4v) is 9.09. The van der Waals surface area contributed by atoms with E-state index in [-0.39, 0.29) is 17.7 Å². The number of nitrogens with zero attached hydrogens (tertiary/aromatic N) is 2. The smallest absolute Gasteiger partial charge is 0.300 e. The van der Waals surface area contributed by atoms with Crippen LogP contribution in [-0.4, -0.2) is 53.0 Å². The van der Waals surface area contributed by atoms with Gasteiger partial charge in [-0.05, 0) is 15.4 Å². The molecule has 0 fully saturated rings. The van der Waals surface area contributed by atoms with Crippen molar-refractivity contribution in [1.82, 2.24) is 9.55 Å². The van der Waals surface area contributed by atoms with Gasteiger partial charge in [-0.15, -0.1) is 0 Å². The van der Waals surface area contributed by atoms with Gasteiger partial charge in [0.2, 0.25) is 0 Å². The minimum atomic E-state index is -2.84. The van der Waals surface area contributed by atoms with Crippen LogP contribution in [0.25, 0.3) is 0 Å². The first-order valence-electron chi connectivity index (χ1n) is 11.1. The van der Waals surface area contributed by atoms with Gasteiger partial charge >= 0.3 is 0 Å². The molecule has 2 N–H and O–H groups in total. The average Bonchev–Trinajstić information content (AvgIpc) is 3.22. The lowest BCUT2D eigenvalue weighted by Gasteiger charge is -2.43. The Balaban J connectivity index is 1.59. The van der Waals surface area contributed by atoms with Crippen LogP contribution in [0.5, 0.6) is 6.01 Å². The predicted molar refractivity (Wildman–Crippen MR) is 128 cm³/mol. The van der Waals surface area contributed by atoms with Crippen LogP contribution in [0.1, 0.15) is 20.8 Å². The maximum Gasteiger partial charge on any atom is 0.300 e. The van der Waals surface area contributed by atoms with Gasteiger partial charge in [0.05, 0.1) is 13.2 Å². The first-order chi connectivity index (χ1) is 15.7. The number of aromatic nitrogens is 2. The van der Waals surface area contributed by atoms with E-state index >= 15 is 0 Å². The summed E-state index contributed by atoms with van der Waals surface area (Å²) in [5, 5.41) is 23.7. The second kappa shape index (κ2) is 9.22. The highest BCUT2D eigenvalue weighted by molar-refractivity contribution is 6.99. The summed E-state index contributed by atoms with van der Waals surface area (Å²) in [7, 11) is -2.84. The zero-order valence-electron chi connectivity index (χ0n) is 19.1. The molecule has 0 aliphatic carbocycles. The quantitative estimate of drug-likeness (QED) is 0.510. The molecule has 0 bridgehead atoms. The third-order valence-corrected chi connectivity index (χ3v) is 11.1. The van der Waals surface area contributed by atoms with Crippen LogP contribution in [0, 0.1) is 0 Å². The molecule has 0 spiro atoms. The number of ether oxygens (including phenoxy) is 1. The molecule has 0 radical (unpaired) electrons. The van der Waals surface area contributed by atoms with Crippen LogP contribution in [-0.2, 0) is 11.0 Å². The second-order valence-corrected chi connectivity index (χ2v) is 13.7. The molecule has 1 aliphatic rings. The van der Waals surface area contributed by atoms with Crippen molar-refractivity contribution in [2.75, 3.05) is 6.61 Å². The maximum atomic E-state index is 11.5. The van der Waals surface area contributed by atoms with E-state index in [0.717, 1.165) is 10.4 Å². The highest BCUT2D eigenvalue weighted by Gasteiger charge is 2.50. The monoisotopic (exact) mass is 466 g/mol. The normalized spacial score (nSPS) is 17.8. The lowest BCUT2D eigenvalue weighted by Crippen LogP contribution is -2.67. The van der Waals surface area contributed by atoms with E-state index in [9.17, 15) is 15.0 Å². The largest absolute Gasteiger partial charge is 0.456 e. The van der Waals surface area contributed by atoms with Gasteiger partial charge in [-0.2, -0.15) is 4.98 Å². The molecule has 3 aromatic rings. The summed E-state index contributed by atoms with van der Waals surface area (Å²) >= 11 is 0. The van der Waals surface area contributed by atoms with Crippen molar-refractivity contribution in [1.29, 1.82) is 0 Å². The number of fused-ring (bicyclic) bond motifs is 1. The Morgan fingerprint density at radius 2 is 1.64 bits per heavy atom. The minimum Gasteiger partial charge on any atom is -0.456 e. The van der Waals surface area contributed by atoms with E-state index in [4.69, 9.17) is 9.16 Å². The third-order valence-electron chi connectivity index (χ3n) is 6.14. The Bertz CT molecular complexity index is 1090. The molecule has 1 unspecified atom stereocenters. The topological polar surface area (TPSA) is 93.8 Å². The van der Waals surface area contributed by atoms with Crippen molar-refractivity contribution >= 4 is 18.7 Å². The van der Waals surface area contributed by atoms with E-state index in [1.807, 2.05) is 36.4 Å². The van der Waals surface area contributed by atoms with Crippen LogP contribution < -0.4 is 20.7 Å². The summed E-state index contributed by atoms with van der Waals surface area (Å²) in [5.74, 6) is 0.